The van der Waals surface area contributed by atoms with Crippen molar-refractivity contribution in [2.24, 2.45) is 0 Å². The average Bonchev–Trinajstić information content (AvgIpc) is 2.55. The summed E-state index contributed by atoms with van der Waals surface area (Å²) in [5.41, 5.74) is 0.900. The Morgan fingerprint density at radius 2 is 2.08 bits per heavy atom. The molecule has 0 saturated carbocycles. The van der Waals surface area contributed by atoms with Gasteiger partial charge in [-0.05, 0) is 13.8 Å². The standard InChI is InChI=1S/C10H15NO2/c1-4-11(5-2)9-6-7-13-10(9)8(3)12/h6-7H,4-5H2,1-3H3. The van der Waals surface area contributed by atoms with Gasteiger partial charge in [-0.1, -0.05) is 0 Å². The summed E-state index contributed by atoms with van der Waals surface area (Å²) >= 11 is 0. The highest BCUT2D eigenvalue weighted by Gasteiger charge is 2.14. The van der Waals surface area contributed by atoms with Crippen molar-refractivity contribution in [2.75, 3.05) is 18.0 Å². The van der Waals surface area contributed by atoms with Crippen LogP contribution in [0.4, 0.5) is 5.69 Å². The molecule has 0 aliphatic carbocycles. The third-order valence-corrected chi connectivity index (χ3v) is 2.07. The lowest BCUT2D eigenvalue weighted by Crippen LogP contribution is -2.22. The van der Waals surface area contributed by atoms with Gasteiger partial charge in [0.1, 0.15) is 0 Å². The van der Waals surface area contributed by atoms with Gasteiger partial charge in [0, 0.05) is 26.1 Å². The normalized spacial score (nSPS) is 10.1. The van der Waals surface area contributed by atoms with Crippen molar-refractivity contribution in [2.45, 2.75) is 20.8 Å². The van der Waals surface area contributed by atoms with Gasteiger partial charge in [-0.25, -0.2) is 0 Å². The van der Waals surface area contributed by atoms with Crippen LogP contribution in [0.5, 0.6) is 0 Å². The molecule has 3 nitrogen and oxygen atoms in total. The molecule has 0 N–H and O–H groups in total. The summed E-state index contributed by atoms with van der Waals surface area (Å²) < 4.78 is 5.12. The first-order valence-electron chi connectivity index (χ1n) is 4.54. The van der Waals surface area contributed by atoms with Crippen molar-refractivity contribution in [3.05, 3.63) is 18.1 Å². The number of ketones is 1. The van der Waals surface area contributed by atoms with E-state index in [2.05, 4.69) is 18.7 Å². The molecule has 1 aromatic heterocycles. The molecule has 1 heterocycles. The second-order valence-electron chi connectivity index (χ2n) is 2.86. The Kier molecular flexibility index (Phi) is 3.12. The fourth-order valence-corrected chi connectivity index (χ4v) is 1.38. The fraction of sp³-hybridized carbons (Fsp3) is 0.500. The number of carbonyl (C=O) groups excluding carboxylic acids is 1. The van der Waals surface area contributed by atoms with E-state index in [0.717, 1.165) is 18.8 Å². The van der Waals surface area contributed by atoms with Crippen molar-refractivity contribution in [3.63, 3.8) is 0 Å². The molecule has 3 heteroatoms. The Labute approximate surface area is 78.3 Å². The van der Waals surface area contributed by atoms with Crippen LogP contribution in [-0.2, 0) is 0 Å². The monoisotopic (exact) mass is 181 g/mol. The van der Waals surface area contributed by atoms with E-state index < -0.39 is 0 Å². The zero-order valence-corrected chi connectivity index (χ0v) is 8.33. The summed E-state index contributed by atoms with van der Waals surface area (Å²) in [6.07, 6.45) is 1.56. The summed E-state index contributed by atoms with van der Waals surface area (Å²) in [6.45, 7) is 7.40. The largest absolute Gasteiger partial charge is 0.459 e. The molecule has 1 rings (SSSR count). The molecular weight excluding hydrogens is 166 g/mol. The minimum Gasteiger partial charge on any atom is -0.459 e. The van der Waals surface area contributed by atoms with E-state index in [-0.39, 0.29) is 5.78 Å². The molecule has 0 radical (unpaired) electrons. The number of carbonyl (C=O) groups is 1. The maximum absolute atomic E-state index is 11.1. The van der Waals surface area contributed by atoms with Crippen molar-refractivity contribution in [3.8, 4) is 0 Å². The molecule has 0 amide bonds. The van der Waals surface area contributed by atoms with Crippen molar-refractivity contribution in [1.29, 1.82) is 0 Å². The van der Waals surface area contributed by atoms with Crippen molar-refractivity contribution in [1.82, 2.24) is 0 Å². The Morgan fingerprint density at radius 1 is 1.46 bits per heavy atom. The Balaban J connectivity index is 2.98. The molecule has 0 bridgehead atoms. The highest BCUT2D eigenvalue weighted by molar-refractivity contribution is 5.96. The van der Waals surface area contributed by atoms with Crippen LogP contribution in [0.1, 0.15) is 31.3 Å². The molecule has 0 saturated heterocycles. The molecule has 0 fully saturated rings. The number of hydrogen-bond acceptors (Lipinski definition) is 3. The predicted octanol–water partition coefficient (Wildman–Crippen LogP) is 2.33. The first-order valence-corrected chi connectivity index (χ1v) is 4.54. The van der Waals surface area contributed by atoms with Crippen LogP contribution < -0.4 is 4.90 Å². The van der Waals surface area contributed by atoms with E-state index in [1.807, 2.05) is 6.07 Å². The highest BCUT2D eigenvalue weighted by atomic mass is 16.3. The minimum atomic E-state index is -0.0214. The van der Waals surface area contributed by atoms with Crippen molar-refractivity contribution < 1.29 is 9.21 Å². The van der Waals surface area contributed by atoms with E-state index in [9.17, 15) is 4.79 Å². The van der Waals surface area contributed by atoms with Crippen LogP contribution in [0.2, 0.25) is 0 Å². The molecule has 0 unspecified atom stereocenters. The fourth-order valence-electron chi connectivity index (χ4n) is 1.38. The summed E-state index contributed by atoms with van der Waals surface area (Å²) in [7, 11) is 0. The zero-order chi connectivity index (χ0) is 9.84. The van der Waals surface area contributed by atoms with Crippen LogP contribution in [0.25, 0.3) is 0 Å². The second-order valence-corrected chi connectivity index (χ2v) is 2.86. The Hall–Kier alpha value is -1.25. The van der Waals surface area contributed by atoms with E-state index >= 15 is 0 Å². The van der Waals surface area contributed by atoms with Gasteiger partial charge in [0.15, 0.2) is 11.5 Å². The van der Waals surface area contributed by atoms with E-state index in [4.69, 9.17) is 4.42 Å². The number of rotatable bonds is 4. The molecule has 1 aromatic rings. The average molecular weight is 181 g/mol. The summed E-state index contributed by atoms with van der Waals surface area (Å²) in [4.78, 5) is 13.2. The first-order chi connectivity index (χ1) is 6.20. The van der Waals surface area contributed by atoms with Gasteiger partial charge in [-0.2, -0.15) is 0 Å². The SMILES string of the molecule is CCN(CC)c1ccoc1C(C)=O. The molecule has 0 atom stereocenters. The van der Waals surface area contributed by atoms with Gasteiger partial charge in [0.25, 0.3) is 0 Å². The second kappa shape index (κ2) is 4.12. The number of anilines is 1. The summed E-state index contributed by atoms with van der Waals surface area (Å²) in [6, 6.07) is 1.84. The smallest absolute Gasteiger partial charge is 0.197 e. The van der Waals surface area contributed by atoms with Crippen LogP contribution >= 0.6 is 0 Å². The molecule has 0 aromatic carbocycles. The number of hydrogen-bond donors (Lipinski definition) is 0. The van der Waals surface area contributed by atoms with E-state index in [1.54, 1.807) is 6.26 Å². The summed E-state index contributed by atoms with van der Waals surface area (Å²) in [5.74, 6) is 0.440. The van der Waals surface area contributed by atoms with Gasteiger partial charge >= 0.3 is 0 Å². The first kappa shape index (κ1) is 9.84. The Morgan fingerprint density at radius 3 is 2.54 bits per heavy atom. The van der Waals surface area contributed by atoms with Gasteiger partial charge in [0.2, 0.25) is 0 Å². The van der Waals surface area contributed by atoms with Crippen LogP contribution in [0, 0.1) is 0 Å². The minimum absolute atomic E-state index is 0.0214. The lowest BCUT2D eigenvalue weighted by atomic mass is 10.2. The topological polar surface area (TPSA) is 33.5 Å². The molecule has 0 aliphatic heterocycles. The maximum Gasteiger partial charge on any atom is 0.197 e. The van der Waals surface area contributed by atoms with Gasteiger partial charge < -0.3 is 9.32 Å². The maximum atomic E-state index is 11.1. The predicted molar refractivity (Wildman–Crippen MR) is 52.3 cm³/mol. The van der Waals surface area contributed by atoms with Gasteiger partial charge in [-0.15, -0.1) is 0 Å². The third kappa shape index (κ3) is 1.91. The van der Waals surface area contributed by atoms with Gasteiger partial charge in [-0.3, -0.25) is 4.79 Å². The molecule has 72 valence electrons. The third-order valence-electron chi connectivity index (χ3n) is 2.07. The molecule has 13 heavy (non-hydrogen) atoms. The molecular formula is C10H15NO2. The lowest BCUT2D eigenvalue weighted by molar-refractivity contribution is 0.0988. The number of furan rings is 1. The highest BCUT2D eigenvalue weighted by Crippen LogP contribution is 2.21. The van der Waals surface area contributed by atoms with E-state index in [0.29, 0.717) is 5.76 Å². The van der Waals surface area contributed by atoms with Crippen molar-refractivity contribution >= 4 is 11.5 Å². The lowest BCUT2D eigenvalue weighted by Gasteiger charge is -2.19. The van der Waals surface area contributed by atoms with Crippen LogP contribution in [0.15, 0.2) is 16.7 Å². The molecule has 0 spiro atoms. The van der Waals surface area contributed by atoms with Crippen LogP contribution in [-0.4, -0.2) is 18.9 Å². The Bertz CT molecular complexity index is 287. The number of nitrogens with zero attached hydrogens (tertiary/aromatic N) is 1. The zero-order valence-electron chi connectivity index (χ0n) is 8.33. The van der Waals surface area contributed by atoms with Gasteiger partial charge in [0.05, 0.1) is 12.0 Å². The number of Topliss-reactive ketones (excluding diaryl/α,β-unsaturated/α-hetero) is 1. The molecule has 0 aliphatic rings. The summed E-state index contributed by atoms with van der Waals surface area (Å²) in [5, 5.41) is 0. The quantitative estimate of drug-likeness (QED) is 0.668. The van der Waals surface area contributed by atoms with E-state index in [1.165, 1.54) is 6.92 Å². The van der Waals surface area contributed by atoms with Crippen LogP contribution in [0.3, 0.4) is 0 Å².